The van der Waals surface area contributed by atoms with Gasteiger partial charge in [0.15, 0.2) is 0 Å². The fourth-order valence-corrected chi connectivity index (χ4v) is 3.53. The number of ether oxygens (including phenoxy) is 5. The highest BCUT2D eigenvalue weighted by atomic mass is 16.6. The van der Waals surface area contributed by atoms with Crippen LogP contribution in [0.4, 0.5) is 0 Å². The number of hydrogen-bond donors (Lipinski definition) is 0. The normalized spacial score (nSPS) is 11.2. The van der Waals surface area contributed by atoms with Crippen LogP contribution in [0.3, 0.4) is 0 Å². The predicted octanol–water partition coefficient (Wildman–Crippen LogP) is 6.88. The lowest BCUT2D eigenvalue weighted by Crippen LogP contribution is -2.12. The first-order valence-corrected chi connectivity index (χ1v) is 14.3. The van der Waals surface area contributed by atoms with Crippen molar-refractivity contribution in [2.24, 2.45) is 0 Å². The van der Waals surface area contributed by atoms with E-state index in [2.05, 4.69) is 13.8 Å². The van der Waals surface area contributed by atoms with Crippen LogP contribution in [0.15, 0.2) is 0 Å². The fraction of sp³-hybridized carbons (Fsp3) is 0.964. The zero-order chi connectivity index (χ0) is 24.8. The minimum Gasteiger partial charge on any atom is -0.466 e. The zero-order valence-electron chi connectivity index (χ0n) is 22.6. The summed E-state index contributed by atoms with van der Waals surface area (Å²) in [6.45, 7) is 9.80. The Labute approximate surface area is 210 Å². The molecule has 0 rings (SSSR count). The Balaban J connectivity index is 3.14. The maximum Gasteiger partial charge on any atom is 0.305 e. The molecule has 0 amide bonds. The van der Waals surface area contributed by atoms with E-state index in [0.29, 0.717) is 65.7 Å². The van der Waals surface area contributed by atoms with E-state index in [4.69, 9.17) is 23.7 Å². The molecule has 0 saturated heterocycles. The van der Waals surface area contributed by atoms with Crippen LogP contribution in [-0.2, 0) is 28.5 Å². The Morgan fingerprint density at radius 1 is 0.412 bits per heavy atom. The molecule has 0 atom stereocenters. The van der Waals surface area contributed by atoms with Gasteiger partial charge in [-0.25, -0.2) is 0 Å². The lowest BCUT2D eigenvalue weighted by atomic mass is 10.1. The number of unbranched alkanes of at least 4 members (excludes halogenated alkanes) is 12. The number of hydrogen-bond acceptors (Lipinski definition) is 6. The lowest BCUT2D eigenvalue weighted by Gasteiger charge is -2.08. The third-order valence-electron chi connectivity index (χ3n) is 5.69. The SMILES string of the molecule is CCCCCCCCCCCCCCOC(=O)CCCOCCOCCOCCOCCCC. The molecule has 0 spiro atoms. The van der Waals surface area contributed by atoms with Crippen molar-refractivity contribution in [2.75, 3.05) is 59.5 Å². The molecule has 0 N–H and O–H groups in total. The fourth-order valence-electron chi connectivity index (χ4n) is 3.53. The van der Waals surface area contributed by atoms with Crippen LogP contribution >= 0.6 is 0 Å². The molecule has 0 bridgehead atoms. The predicted molar refractivity (Wildman–Crippen MR) is 139 cm³/mol. The Kier molecular flexibility index (Phi) is 29.7. The molecular weight excluding hydrogens is 432 g/mol. The largest absolute Gasteiger partial charge is 0.466 e. The summed E-state index contributed by atoms with van der Waals surface area (Å²) in [6.07, 6.45) is 19.1. The van der Waals surface area contributed by atoms with Gasteiger partial charge < -0.3 is 23.7 Å². The van der Waals surface area contributed by atoms with E-state index in [1.807, 2.05) is 0 Å². The van der Waals surface area contributed by atoms with Crippen LogP contribution in [0.2, 0.25) is 0 Å². The van der Waals surface area contributed by atoms with Crippen molar-refractivity contribution < 1.29 is 28.5 Å². The summed E-state index contributed by atoms with van der Waals surface area (Å²) < 4.78 is 27.1. The first-order chi connectivity index (χ1) is 16.8. The van der Waals surface area contributed by atoms with E-state index in [1.165, 1.54) is 64.2 Å². The van der Waals surface area contributed by atoms with Crippen molar-refractivity contribution in [3.05, 3.63) is 0 Å². The summed E-state index contributed by atoms with van der Waals surface area (Å²) >= 11 is 0. The summed E-state index contributed by atoms with van der Waals surface area (Å²) in [6, 6.07) is 0. The van der Waals surface area contributed by atoms with E-state index in [0.717, 1.165) is 32.3 Å². The van der Waals surface area contributed by atoms with Crippen molar-refractivity contribution in [2.45, 2.75) is 117 Å². The van der Waals surface area contributed by atoms with Crippen molar-refractivity contribution in [3.8, 4) is 0 Å². The van der Waals surface area contributed by atoms with Gasteiger partial charge in [-0.3, -0.25) is 4.79 Å². The molecule has 0 aliphatic carbocycles. The van der Waals surface area contributed by atoms with Crippen molar-refractivity contribution in [1.82, 2.24) is 0 Å². The first kappa shape index (κ1) is 33.3. The molecule has 6 nitrogen and oxygen atoms in total. The summed E-state index contributed by atoms with van der Waals surface area (Å²) in [7, 11) is 0. The number of carbonyl (C=O) groups is 1. The molecule has 0 unspecified atom stereocenters. The monoisotopic (exact) mass is 488 g/mol. The van der Waals surface area contributed by atoms with Gasteiger partial charge in [0.1, 0.15) is 0 Å². The molecule has 0 heterocycles. The standard InChI is InChI=1S/C28H56O6/c1-3-5-7-8-9-10-11-12-13-14-15-16-21-34-28(29)18-17-20-31-23-25-33-27-26-32-24-22-30-19-6-4-2/h3-27H2,1-2H3. The highest BCUT2D eigenvalue weighted by Crippen LogP contribution is 2.12. The Morgan fingerprint density at radius 3 is 1.26 bits per heavy atom. The first-order valence-electron chi connectivity index (χ1n) is 14.3. The van der Waals surface area contributed by atoms with Gasteiger partial charge in [0.25, 0.3) is 0 Å². The quantitative estimate of drug-likeness (QED) is 0.0845. The molecule has 0 saturated carbocycles. The zero-order valence-corrected chi connectivity index (χ0v) is 22.6. The van der Waals surface area contributed by atoms with Crippen LogP contribution in [-0.4, -0.2) is 65.4 Å². The van der Waals surface area contributed by atoms with Crippen LogP contribution in [0, 0.1) is 0 Å². The van der Waals surface area contributed by atoms with E-state index in [-0.39, 0.29) is 5.97 Å². The van der Waals surface area contributed by atoms with Gasteiger partial charge in [-0.15, -0.1) is 0 Å². The molecule has 0 aromatic rings. The molecule has 0 aliphatic heterocycles. The van der Waals surface area contributed by atoms with Gasteiger partial charge in [0.2, 0.25) is 0 Å². The maximum atomic E-state index is 11.8. The Bertz CT molecular complexity index is 391. The van der Waals surface area contributed by atoms with Crippen LogP contribution < -0.4 is 0 Å². The molecule has 34 heavy (non-hydrogen) atoms. The Hall–Kier alpha value is -0.690. The van der Waals surface area contributed by atoms with E-state index >= 15 is 0 Å². The number of esters is 1. The highest BCUT2D eigenvalue weighted by molar-refractivity contribution is 5.69. The third kappa shape index (κ3) is 29.3. The third-order valence-corrected chi connectivity index (χ3v) is 5.69. The second kappa shape index (κ2) is 30.3. The van der Waals surface area contributed by atoms with E-state index in [1.54, 1.807) is 0 Å². The Morgan fingerprint density at radius 2 is 0.794 bits per heavy atom. The van der Waals surface area contributed by atoms with Gasteiger partial charge in [0, 0.05) is 19.6 Å². The minimum atomic E-state index is -0.112. The highest BCUT2D eigenvalue weighted by Gasteiger charge is 2.02. The van der Waals surface area contributed by atoms with Gasteiger partial charge in [0.05, 0.1) is 46.2 Å². The van der Waals surface area contributed by atoms with E-state index in [9.17, 15) is 4.79 Å². The molecule has 0 fully saturated rings. The molecule has 204 valence electrons. The second-order valence-electron chi connectivity index (χ2n) is 9.02. The topological polar surface area (TPSA) is 63.2 Å². The lowest BCUT2D eigenvalue weighted by molar-refractivity contribution is -0.144. The van der Waals surface area contributed by atoms with Crippen molar-refractivity contribution in [3.63, 3.8) is 0 Å². The smallest absolute Gasteiger partial charge is 0.305 e. The van der Waals surface area contributed by atoms with Crippen molar-refractivity contribution >= 4 is 5.97 Å². The van der Waals surface area contributed by atoms with Crippen LogP contribution in [0.1, 0.15) is 117 Å². The molecule has 0 radical (unpaired) electrons. The summed E-state index contributed by atoms with van der Waals surface area (Å²) in [4.78, 5) is 11.8. The minimum absolute atomic E-state index is 0.112. The molecule has 0 aromatic heterocycles. The maximum absolute atomic E-state index is 11.8. The molecule has 0 aliphatic rings. The second-order valence-corrected chi connectivity index (χ2v) is 9.02. The van der Waals surface area contributed by atoms with E-state index < -0.39 is 0 Å². The number of carbonyl (C=O) groups excluding carboxylic acids is 1. The summed E-state index contributed by atoms with van der Waals surface area (Å²) in [5.74, 6) is -0.112. The molecule has 6 heteroatoms. The molecular formula is C28H56O6. The van der Waals surface area contributed by atoms with Crippen LogP contribution in [0.5, 0.6) is 0 Å². The number of rotatable bonds is 29. The van der Waals surface area contributed by atoms with Gasteiger partial charge >= 0.3 is 5.97 Å². The summed E-state index contributed by atoms with van der Waals surface area (Å²) in [5, 5.41) is 0. The van der Waals surface area contributed by atoms with Crippen LogP contribution in [0.25, 0.3) is 0 Å². The van der Waals surface area contributed by atoms with Gasteiger partial charge in [-0.2, -0.15) is 0 Å². The van der Waals surface area contributed by atoms with Gasteiger partial charge in [-0.05, 0) is 19.3 Å². The average Bonchev–Trinajstić information content (AvgIpc) is 2.84. The average molecular weight is 489 g/mol. The summed E-state index contributed by atoms with van der Waals surface area (Å²) in [5.41, 5.74) is 0. The molecule has 0 aromatic carbocycles. The van der Waals surface area contributed by atoms with Crippen molar-refractivity contribution in [1.29, 1.82) is 0 Å². The van der Waals surface area contributed by atoms with Gasteiger partial charge in [-0.1, -0.05) is 90.9 Å².